The minimum atomic E-state index is -0.0540. The maximum Gasteiger partial charge on any atom is 0.0332 e. The molecule has 0 aliphatic heterocycles. The Balaban J connectivity index is 2.56. The molecule has 0 atom stereocenters. The Morgan fingerprint density at radius 2 is 1.40 bits per heavy atom. The van der Waals surface area contributed by atoms with E-state index in [1.165, 1.54) is 49.7 Å². The number of unbranched alkanes of at least 4 members (excludes halogenated alkanes) is 5. The van der Waals surface area contributed by atoms with E-state index in [0.29, 0.717) is 11.8 Å². The van der Waals surface area contributed by atoms with Crippen LogP contribution in [-0.4, -0.2) is 11.8 Å². The monoisotopic (exact) mass is 314 g/mol. The third kappa shape index (κ3) is 5.30. The van der Waals surface area contributed by atoms with E-state index in [1.807, 2.05) is 0 Å². The molecule has 0 aliphatic carbocycles. The molecule has 1 aromatic rings. The summed E-state index contributed by atoms with van der Waals surface area (Å²) in [4.78, 5) is 0. The molecule has 0 saturated carbocycles. The molecule has 0 aliphatic rings. The van der Waals surface area contributed by atoms with Crippen LogP contribution in [-0.2, 0) is 5.41 Å². The SMILES string of the molecule is CCCCCCCCC(CCl)(CCl)c1ccc(C)cc1. The van der Waals surface area contributed by atoms with Crippen molar-refractivity contribution in [3.63, 3.8) is 0 Å². The molecule has 0 saturated heterocycles. The van der Waals surface area contributed by atoms with E-state index < -0.39 is 0 Å². The van der Waals surface area contributed by atoms with Crippen molar-refractivity contribution in [1.82, 2.24) is 0 Å². The number of hydrogen-bond donors (Lipinski definition) is 0. The van der Waals surface area contributed by atoms with Crippen molar-refractivity contribution in [2.75, 3.05) is 11.8 Å². The van der Waals surface area contributed by atoms with Crippen molar-refractivity contribution in [3.05, 3.63) is 35.4 Å². The Bertz CT molecular complexity index is 352. The Kier molecular flexibility index (Phi) is 8.64. The van der Waals surface area contributed by atoms with Crippen LogP contribution < -0.4 is 0 Å². The third-order valence-corrected chi connectivity index (χ3v) is 5.21. The third-order valence-electron chi connectivity index (χ3n) is 4.18. The molecule has 1 aromatic carbocycles. The summed E-state index contributed by atoms with van der Waals surface area (Å²) in [6, 6.07) is 8.70. The van der Waals surface area contributed by atoms with E-state index in [0.717, 1.165) is 6.42 Å². The van der Waals surface area contributed by atoms with E-state index in [2.05, 4.69) is 38.1 Å². The van der Waals surface area contributed by atoms with Gasteiger partial charge in [0.05, 0.1) is 0 Å². The first-order valence-corrected chi connectivity index (χ1v) is 8.94. The highest BCUT2D eigenvalue weighted by molar-refractivity contribution is 6.22. The van der Waals surface area contributed by atoms with Gasteiger partial charge in [-0.25, -0.2) is 0 Å². The van der Waals surface area contributed by atoms with E-state index in [4.69, 9.17) is 23.2 Å². The lowest BCUT2D eigenvalue weighted by molar-refractivity contribution is 0.452. The van der Waals surface area contributed by atoms with Crippen LogP contribution >= 0.6 is 23.2 Å². The zero-order chi connectivity index (χ0) is 14.8. The van der Waals surface area contributed by atoms with Crippen molar-refractivity contribution >= 4 is 23.2 Å². The van der Waals surface area contributed by atoms with E-state index in [1.54, 1.807) is 0 Å². The number of hydrogen-bond acceptors (Lipinski definition) is 0. The maximum absolute atomic E-state index is 6.28. The summed E-state index contributed by atoms with van der Waals surface area (Å²) in [6.07, 6.45) is 8.95. The van der Waals surface area contributed by atoms with Crippen LogP contribution in [0.3, 0.4) is 0 Å². The van der Waals surface area contributed by atoms with Gasteiger partial charge in [0.2, 0.25) is 0 Å². The van der Waals surface area contributed by atoms with E-state index >= 15 is 0 Å². The Labute approximate surface area is 134 Å². The number of halogens is 2. The largest absolute Gasteiger partial charge is 0.126 e. The second kappa shape index (κ2) is 9.68. The molecule has 0 spiro atoms. The molecule has 0 unspecified atom stereocenters. The molecule has 20 heavy (non-hydrogen) atoms. The number of alkyl halides is 2. The molecule has 0 radical (unpaired) electrons. The summed E-state index contributed by atoms with van der Waals surface area (Å²) in [5.41, 5.74) is 2.52. The fraction of sp³-hybridized carbons (Fsp3) is 0.667. The lowest BCUT2D eigenvalue weighted by Crippen LogP contribution is -2.30. The van der Waals surface area contributed by atoms with Gasteiger partial charge in [-0.15, -0.1) is 23.2 Å². The smallest absolute Gasteiger partial charge is 0.0332 e. The highest BCUT2D eigenvalue weighted by Crippen LogP contribution is 2.33. The van der Waals surface area contributed by atoms with Crippen molar-refractivity contribution in [2.45, 2.75) is 64.2 Å². The van der Waals surface area contributed by atoms with Crippen LogP contribution in [0.4, 0.5) is 0 Å². The summed E-state index contributed by atoms with van der Waals surface area (Å²) in [7, 11) is 0. The Morgan fingerprint density at radius 3 is 1.95 bits per heavy atom. The van der Waals surface area contributed by atoms with Gasteiger partial charge in [0, 0.05) is 17.2 Å². The lowest BCUT2D eigenvalue weighted by atomic mass is 9.79. The highest BCUT2D eigenvalue weighted by atomic mass is 35.5. The molecule has 2 heteroatoms. The zero-order valence-electron chi connectivity index (χ0n) is 12.9. The van der Waals surface area contributed by atoms with Gasteiger partial charge >= 0.3 is 0 Å². The molecule has 1 rings (SSSR count). The predicted molar refractivity (Wildman–Crippen MR) is 92.3 cm³/mol. The Morgan fingerprint density at radius 1 is 0.850 bits per heavy atom. The first kappa shape index (κ1) is 17.9. The van der Waals surface area contributed by atoms with Gasteiger partial charge in [0.15, 0.2) is 0 Å². The second-order valence-electron chi connectivity index (χ2n) is 5.93. The minimum absolute atomic E-state index is 0.0540. The quantitative estimate of drug-likeness (QED) is 0.343. The normalized spacial score (nSPS) is 11.8. The van der Waals surface area contributed by atoms with Crippen LogP contribution in [0.15, 0.2) is 24.3 Å². The first-order valence-electron chi connectivity index (χ1n) is 7.87. The summed E-state index contributed by atoms with van der Waals surface area (Å²) in [6.45, 7) is 4.37. The molecule has 0 amide bonds. The van der Waals surface area contributed by atoms with Crippen LogP contribution in [0.2, 0.25) is 0 Å². The summed E-state index contributed by atoms with van der Waals surface area (Å²) < 4.78 is 0. The van der Waals surface area contributed by atoms with Gasteiger partial charge in [-0.2, -0.15) is 0 Å². The molecule has 0 bridgehead atoms. The van der Waals surface area contributed by atoms with Gasteiger partial charge in [0.1, 0.15) is 0 Å². The number of aryl methyl sites for hydroxylation is 1. The van der Waals surface area contributed by atoms with Crippen LogP contribution in [0.25, 0.3) is 0 Å². The number of benzene rings is 1. The fourth-order valence-corrected chi connectivity index (χ4v) is 3.48. The van der Waals surface area contributed by atoms with Gasteiger partial charge in [0.25, 0.3) is 0 Å². The molecule has 0 nitrogen and oxygen atoms in total. The van der Waals surface area contributed by atoms with Crippen LogP contribution in [0.1, 0.15) is 63.0 Å². The molecule has 0 heterocycles. The van der Waals surface area contributed by atoms with E-state index in [-0.39, 0.29) is 5.41 Å². The molecular weight excluding hydrogens is 287 g/mol. The first-order chi connectivity index (χ1) is 9.68. The fourth-order valence-electron chi connectivity index (χ4n) is 2.62. The molecule has 0 N–H and O–H groups in total. The summed E-state index contributed by atoms with van der Waals surface area (Å²) in [5, 5.41) is 0. The summed E-state index contributed by atoms with van der Waals surface area (Å²) in [5.74, 6) is 1.21. The van der Waals surface area contributed by atoms with Crippen molar-refractivity contribution < 1.29 is 0 Å². The minimum Gasteiger partial charge on any atom is -0.126 e. The van der Waals surface area contributed by atoms with Crippen molar-refractivity contribution in [1.29, 1.82) is 0 Å². The lowest BCUT2D eigenvalue weighted by Gasteiger charge is -2.30. The topological polar surface area (TPSA) is 0 Å². The zero-order valence-corrected chi connectivity index (χ0v) is 14.4. The van der Waals surface area contributed by atoms with Crippen molar-refractivity contribution in [2.24, 2.45) is 0 Å². The highest BCUT2D eigenvalue weighted by Gasteiger charge is 2.29. The van der Waals surface area contributed by atoms with E-state index in [9.17, 15) is 0 Å². The standard InChI is InChI=1S/C18H28Cl2/c1-3-4-5-6-7-8-13-18(14-19,15-20)17-11-9-16(2)10-12-17/h9-12H,3-8,13-15H2,1-2H3. The van der Waals surface area contributed by atoms with Crippen LogP contribution in [0.5, 0.6) is 0 Å². The summed E-state index contributed by atoms with van der Waals surface area (Å²) >= 11 is 12.6. The maximum atomic E-state index is 6.28. The average molecular weight is 315 g/mol. The number of rotatable bonds is 10. The molecule has 114 valence electrons. The predicted octanol–water partition coefficient (Wildman–Crippen LogP) is 6.46. The van der Waals surface area contributed by atoms with Crippen LogP contribution in [0, 0.1) is 6.92 Å². The van der Waals surface area contributed by atoms with Gasteiger partial charge in [-0.1, -0.05) is 75.3 Å². The Hall–Kier alpha value is -0.200. The average Bonchev–Trinajstić information content (AvgIpc) is 2.48. The second-order valence-corrected chi connectivity index (χ2v) is 6.47. The molecular formula is C18H28Cl2. The molecule has 0 fully saturated rings. The van der Waals surface area contributed by atoms with Gasteiger partial charge in [-0.3, -0.25) is 0 Å². The van der Waals surface area contributed by atoms with Gasteiger partial charge in [-0.05, 0) is 18.9 Å². The van der Waals surface area contributed by atoms with Crippen molar-refractivity contribution in [3.8, 4) is 0 Å². The molecule has 0 aromatic heterocycles. The van der Waals surface area contributed by atoms with Gasteiger partial charge < -0.3 is 0 Å².